The van der Waals surface area contributed by atoms with Crippen LogP contribution in [0.3, 0.4) is 0 Å². The number of quaternary nitrogens is 1. The Labute approximate surface area is 166 Å². The van der Waals surface area contributed by atoms with E-state index in [1.807, 2.05) is 42.9 Å². The van der Waals surface area contributed by atoms with E-state index in [0.29, 0.717) is 19.2 Å². The van der Waals surface area contributed by atoms with Crippen LogP contribution in [0.1, 0.15) is 44.2 Å². The number of hydrogen-bond acceptors (Lipinski definition) is 4. The topological polar surface area (TPSA) is 69.8 Å². The van der Waals surface area contributed by atoms with E-state index in [2.05, 4.69) is 10.4 Å². The summed E-state index contributed by atoms with van der Waals surface area (Å²) in [4.78, 5) is 13.6. The highest BCUT2D eigenvalue weighted by molar-refractivity contribution is 5.90. The second-order valence-electron chi connectivity index (χ2n) is 7.38. The Kier molecular flexibility index (Phi) is 6.92. The predicted octanol–water partition coefficient (Wildman–Crippen LogP) is 2.06. The summed E-state index contributed by atoms with van der Waals surface area (Å²) in [5, 5.41) is 7.44. The number of methoxy groups -OCH3 is 1. The number of ether oxygens (including phenoxy) is 2. The Morgan fingerprint density at radius 3 is 2.79 bits per heavy atom. The molecule has 0 radical (unpaired) electrons. The fraction of sp³-hybridized carbons (Fsp3) is 0.524. The third-order valence-corrected chi connectivity index (χ3v) is 5.10. The average molecular weight is 388 g/mol. The molecule has 1 saturated carbocycles. The first kappa shape index (κ1) is 20.2. The molecule has 7 nitrogen and oxygen atoms in total. The van der Waals surface area contributed by atoms with Crippen LogP contribution in [0.25, 0.3) is 0 Å². The highest BCUT2D eigenvalue weighted by atomic mass is 16.5. The molecule has 1 unspecified atom stereocenters. The Balaban J connectivity index is 1.55. The largest absolute Gasteiger partial charge is 0.493 e. The minimum Gasteiger partial charge on any atom is -0.493 e. The first-order valence-corrected chi connectivity index (χ1v) is 10.0. The van der Waals surface area contributed by atoms with Gasteiger partial charge in [-0.1, -0.05) is 12.8 Å². The predicted molar refractivity (Wildman–Crippen MR) is 108 cm³/mol. The fourth-order valence-electron chi connectivity index (χ4n) is 3.82. The number of carbonyl (C=O) groups excluding carboxylic acids is 1. The maximum atomic E-state index is 12.5. The lowest BCUT2D eigenvalue weighted by Gasteiger charge is -2.17. The van der Waals surface area contributed by atoms with Gasteiger partial charge in [0.15, 0.2) is 18.0 Å². The molecule has 1 amide bonds. The van der Waals surface area contributed by atoms with Gasteiger partial charge in [-0.2, -0.15) is 5.10 Å². The summed E-state index contributed by atoms with van der Waals surface area (Å²) in [5.41, 5.74) is 1.10. The van der Waals surface area contributed by atoms with Gasteiger partial charge in [-0.3, -0.25) is 4.79 Å². The van der Waals surface area contributed by atoms with Gasteiger partial charge in [0.1, 0.15) is 12.4 Å². The van der Waals surface area contributed by atoms with Crippen LogP contribution in [0.15, 0.2) is 30.5 Å². The molecule has 0 spiro atoms. The first-order valence-electron chi connectivity index (χ1n) is 10.0. The zero-order valence-electron chi connectivity index (χ0n) is 17.0. The van der Waals surface area contributed by atoms with Gasteiger partial charge >= 0.3 is 0 Å². The molecule has 7 heteroatoms. The number of anilines is 1. The number of hydrogen-bond donors (Lipinski definition) is 2. The quantitative estimate of drug-likeness (QED) is 0.691. The Morgan fingerprint density at radius 2 is 2.07 bits per heavy atom. The molecule has 152 valence electrons. The van der Waals surface area contributed by atoms with Crippen molar-refractivity contribution in [2.75, 3.05) is 32.6 Å². The van der Waals surface area contributed by atoms with E-state index in [1.165, 1.54) is 12.8 Å². The summed E-state index contributed by atoms with van der Waals surface area (Å²) in [6.45, 7) is 3.64. The minimum atomic E-state index is -0.00449. The molecule has 28 heavy (non-hydrogen) atoms. The lowest BCUT2D eigenvalue weighted by molar-refractivity contribution is -0.885. The normalized spacial score (nSPS) is 15.4. The zero-order valence-corrected chi connectivity index (χ0v) is 17.0. The van der Waals surface area contributed by atoms with E-state index in [-0.39, 0.29) is 5.91 Å². The molecule has 2 aromatic rings. The summed E-state index contributed by atoms with van der Waals surface area (Å²) < 4.78 is 12.9. The molecule has 0 bridgehead atoms. The second kappa shape index (κ2) is 9.59. The number of rotatable bonds is 9. The van der Waals surface area contributed by atoms with Gasteiger partial charge < -0.3 is 19.7 Å². The maximum absolute atomic E-state index is 12.5. The number of nitrogens with one attached hydrogen (secondary N) is 2. The van der Waals surface area contributed by atoms with Crippen molar-refractivity contribution in [3.05, 3.63) is 36.0 Å². The van der Waals surface area contributed by atoms with E-state index < -0.39 is 0 Å². The summed E-state index contributed by atoms with van der Waals surface area (Å²) in [6, 6.07) is 8.20. The van der Waals surface area contributed by atoms with Crippen molar-refractivity contribution in [3.8, 4) is 11.5 Å². The van der Waals surface area contributed by atoms with E-state index in [9.17, 15) is 4.79 Å². The number of aromatic nitrogens is 2. The fourth-order valence-corrected chi connectivity index (χ4v) is 3.82. The number of amides is 1. The Morgan fingerprint density at radius 1 is 1.29 bits per heavy atom. The van der Waals surface area contributed by atoms with Gasteiger partial charge in [-0.15, -0.1) is 0 Å². The third kappa shape index (κ3) is 5.04. The van der Waals surface area contributed by atoms with Crippen LogP contribution in [0.2, 0.25) is 0 Å². The minimum absolute atomic E-state index is 0.00449. The van der Waals surface area contributed by atoms with Crippen LogP contribution >= 0.6 is 0 Å². The molecule has 0 aliphatic heterocycles. The van der Waals surface area contributed by atoms with Crippen LogP contribution in [0.5, 0.6) is 11.5 Å². The summed E-state index contributed by atoms with van der Waals surface area (Å²) in [5.74, 6) is 2.25. The van der Waals surface area contributed by atoms with Gasteiger partial charge in [-0.05, 0) is 38.0 Å². The summed E-state index contributed by atoms with van der Waals surface area (Å²) >= 11 is 0. The van der Waals surface area contributed by atoms with Crippen LogP contribution < -0.4 is 19.7 Å². The van der Waals surface area contributed by atoms with E-state index in [4.69, 9.17) is 9.47 Å². The highest BCUT2D eigenvalue weighted by Crippen LogP contribution is 2.31. The summed E-state index contributed by atoms with van der Waals surface area (Å²) in [7, 11) is 3.65. The Bertz CT molecular complexity index is 784. The SMILES string of the molecule is CCOc1ccc(C[NH+](C)CC(=O)Nc2ccnn2C2CCCC2)cc1OC. The molecular formula is C21H31N4O3+. The van der Waals surface area contributed by atoms with E-state index in [0.717, 1.165) is 47.2 Å². The van der Waals surface area contributed by atoms with Crippen molar-refractivity contribution >= 4 is 11.7 Å². The lowest BCUT2D eigenvalue weighted by atomic mass is 10.2. The standard InChI is InChI=1S/C21H30N4O3/c1-4-28-18-10-9-16(13-19(18)27-3)14-24(2)15-21(26)23-20-11-12-22-25(20)17-7-5-6-8-17/h9-13,17H,4-8,14-15H2,1-3H3,(H,23,26)/p+1. The number of nitrogens with zero attached hydrogens (tertiary/aromatic N) is 2. The van der Waals surface area contributed by atoms with Gasteiger partial charge in [0.05, 0.1) is 33.0 Å². The zero-order chi connectivity index (χ0) is 19.9. The molecular weight excluding hydrogens is 356 g/mol. The lowest BCUT2D eigenvalue weighted by Crippen LogP contribution is -3.08. The van der Waals surface area contributed by atoms with Crippen LogP contribution in [0.4, 0.5) is 5.82 Å². The molecule has 0 saturated heterocycles. The second-order valence-corrected chi connectivity index (χ2v) is 7.38. The molecule has 1 aromatic heterocycles. The van der Waals surface area contributed by atoms with Crippen molar-refractivity contribution in [2.24, 2.45) is 0 Å². The smallest absolute Gasteiger partial charge is 0.280 e. The molecule has 1 aliphatic rings. The van der Waals surface area contributed by atoms with E-state index >= 15 is 0 Å². The van der Waals surface area contributed by atoms with Crippen molar-refractivity contribution in [1.29, 1.82) is 0 Å². The van der Waals surface area contributed by atoms with Crippen molar-refractivity contribution < 1.29 is 19.2 Å². The van der Waals surface area contributed by atoms with Crippen molar-refractivity contribution in [3.63, 3.8) is 0 Å². The highest BCUT2D eigenvalue weighted by Gasteiger charge is 2.21. The van der Waals surface area contributed by atoms with E-state index in [1.54, 1.807) is 13.3 Å². The van der Waals surface area contributed by atoms with Crippen LogP contribution in [-0.2, 0) is 11.3 Å². The molecule has 2 N–H and O–H groups in total. The first-order chi connectivity index (χ1) is 13.6. The monoisotopic (exact) mass is 387 g/mol. The average Bonchev–Trinajstić information content (AvgIpc) is 3.34. The third-order valence-electron chi connectivity index (χ3n) is 5.10. The van der Waals surface area contributed by atoms with Gasteiger partial charge in [0.25, 0.3) is 5.91 Å². The van der Waals surface area contributed by atoms with Gasteiger partial charge in [0.2, 0.25) is 0 Å². The van der Waals surface area contributed by atoms with Crippen LogP contribution in [0, 0.1) is 0 Å². The van der Waals surface area contributed by atoms with Crippen molar-refractivity contribution in [2.45, 2.75) is 45.2 Å². The van der Waals surface area contributed by atoms with Gasteiger partial charge in [-0.25, -0.2) is 4.68 Å². The molecule has 1 aromatic carbocycles. The summed E-state index contributed by atoms with van der Waals surface area (Å²) in [6.07, 6.45) is 6.49. The van der Waals surface area contributed by atoms with Crippen molar-refractivity contribution in [1.82, 2.24) is 9.78 Å². The number of carbonyl (C=O) groups is 1. The number of likely N-dealkylation sites (N-methyl/N-ethyl adjacent to an activating group) is 1. The Hall–Kier alpha value is -2.54. The maximum Gasteiger partial charge on any atom is 0.280 e. The van der Waals surface area contributed by atoms with Gasteiger partial charge in [0, 0.05) is 11.6 Å². The molecule has 1 heterocycles. The number of benzene rings is 1. The molecule has 1 fully saturated rings. The molecule has 1 atom stereocenters. The molecule has 1 aliphatic carbocycles. The van der Waals surface area contributed by atoms with Crippen LogP contribution in [-0.4, -0.2) is 43.0 Å². The molecule has 3 rings (SSSR count).